The predicted octanol–water partition coefficient (Wildman–Crippen LogP) is 1.06. The average Bonchev–Trinajstić information content (AvgIpc) is 2.84. The van der Waals surface area contributed by atoms with Gasteiger partial charge in [0.15, 0.2) is 0 Å². The Labute approximate surface area is 88.6 Å². The Morgan fingerprint density at radius 2 is 2.33 bits per heavy atom. The monoisotopic (exact) mass is 209 g/mol. The van der Waals surface area contributed by atoms with E-state index >= 15 is 0 Å². The maximum Gasteiger partial charge on any atom is 0.310 e. The van der Waals surface area contributed by atoms with Gasteiger partial charge in [0.2, 0.25) is 0 Å². The van der Waals surface area contributed by atoms with Gasteiger partial charge in [0.05, 0.1) is 13.0 Å². The summed E-state index contributed by atoms with van der Waals surface area (Å²) < 4.78 is 10.3. The number of carbonyl (C=O) groups excluding carboxylic acids is 1. The van der Waals surface area contributed by atoms with Crippen LogP contribution in [0.25, 0.3) is 0 Å². The van der Waals surface area contributed by atoms with Gasteiger partial charge in [0, 0.05) is 19.0 Å². The summed E-state index contributed by atoms with van der Waals surface area (Å²) in [6, 6.07) is 3.85. The maximum atomic E-state index is 11.5. The van der Waals surface area contributed by atoms with Crippen LogP contribution < -0.4 is 5.32 Å². The Morgan fingerprint density at radius 3 is 2.93 bits per heavy atom. The van der Waals surface area contributed by atoms with Gasteiger partial charge >= 0.3 is 5.97 Å². The van der Waals surface area contributed by atoms with Crippen LogP contribution in [0.4, 0.5) is 0 Å². The second-order valence-electron chi connectivity index (χ2n) is 3.84. The zero-order chi connectivity index (χ0) is 10.8. The molecule has 1 aromatic rings. The van der Waals surface area contributed by atoms with Crippen LogP contribution in [-0.4, -0.2) is 26.2 Å². The molecule has 2 atom stereocenters. The summed E-state index contributed by atoms with van der Waals surface area (Å²) in [6.07, 6.45) is 0. The van der Waals surface area contributed by atoms with E-state index < -0.39 is 0 Å². The van der Waals surface area contributed by atoms with E-state index in [1.54, 1.807) is 0 Å². The first-order valence-corrected chi connectivity index (χ1v) is 5.07. The first kappa shape index (κ1) is 10.2. The summed E-state index contributed by atoms with van der Waals surface area (Å²) in [5.41, 5.74) is 0. The van der Waals surface area contributed by atoms with Gasteiger partial charge in [-0.15, -0.1) is 0 Å². The van der Waals surface area contributed by atoms with Gasteiger partial charge < -0.3 is 14.5 Å². The van der Waals surface area contributed by atoms with Crippen LogP contribution in [0.5, 0.6) is 0 Å². The van der Waals surface area contributed by atoms with Gasteiger partial charge in [-0.2, -0.15) is 0 Å². The molecule has 0 bridgehead atoms. The maximum absolute atomic E-state index is 11.5. The van der Waals surface area contributed by atoms with Crippen molar-refractivity contribution in [3.05, 3.63) is 23.7 Å². The Hall–Kier alpha value is -1.29. The van der Waals surface area contributed by atoms with E-state index in [-0.39, 0.29) is 17.8 Å². The van der Waals surface area contributed by atoms with Crippen molar-refractivity contribution in [1.82, 2.24) is 5.32 Å². The van der Waals surface area contributed by atoms with E-state index in [4.69, 9.17) is 9.15 Å². The molecular weight excluding hydrogens is 194 g/mol. The average molecular weight is 209 g/mol. The number of esters is 1. The summed E-state index contributed by atoms with van der Waals surface area (Å²) in [4.78, 5) is 11.5. The fourth-order valence-corrected chi connectivity index (χ4v) is 2.03. The number of ether oxygens (including phenoxy) is 1. The standard InChI is InChI=1S/C11H15NO3/c1-7-3-4-10(15-7)8-5-12-6-9(8)11(13)14-2/h3-4,8-9,12H,5-6H2,1-2H3/t8-,9-/m0/s1. The lowest BCUT2D eigenvalue weighted by molar-refractivity contribution is -0.145. The number of carbonyl (C=O) groups is 1. The predicted molar refractivity (Wildman–Crippen MR) is 54.6 cm³/mol. The number of methoxy groups -OCH3 is 1. The highest BCUT2D eigenvalue weighted by atomic mass is 16.5. The zero-order valence-electron chi connectivity index (χ0n) is 8.95. The molecule has 0 amide bonds. The number of aryl methyl sites for hydroxylation is 1. The molecule has 0 aromatic carbocycles. The molecule has 1 aliphatic heterocycles. The smallest absolute Gasteiger partial charge is 0.310 e. The fourth-order valence-electron chi connectivity index (χ4n) is 2.03. The van der Waals surface area contributed by atoms with Crippen molar-refractivity contribution < 1.29 is 13.9 Å². The minimum absolute atomic E-state index is 0.103. The van der Waals surface area contributed by atoms with Crippen molar-refractivity contribution in [3.63, 3.8) is 0 Å². The molecule has 0 aliphatic carbocycles. The minimum atomic E-state index is -0.168. The van der Waals surface area contributed by atoms with Crippen molar-refractivity contribution >= 4 is 5.97 Å². The number of hydrogen-bond donors (Lipinski definition) is 1. The van der Waals surface area contributed by atoms with Crippen LogP contribution in [0, 0.1) is 12.8 Å². The van der Waals surface area contributed by atoms with E-state index in [2.05, 4.69) is 5.32 Å². The van der Waals surface area contributed by atoms with Crippen molar-refractivity contribution in [2.75, 3.05) is 20.2 Å². The molecule has 15 heavy (non-hydrogen) atoms. The van der Waals surface area contributed by atoms with Crippen molar-refractivity contribution in [3.8, 4) is 0 Å². The quantitative estimate of drug-likeness (QED) is 0.740. The lowest BCUT2D eigenvalue weighted by Crippen LogP contribution is -2.22. The largest absolute Gasteiger partial charge is 0.469 e. The molecule has 1 aliphatic rings. The molecule has 82 valence electrons. The van der Waals surface area contributed by atoms with Gasteiger partial charge in [-0.1, -0.05) is 0 Å². The number of furan rings is 1. The molecular formula is C11H15NO3. The van der Waals surface area contributed by atoms with E-state index in [1.807, 2.05) is 19.1 Å². The third kappa shape index (κ3) is 1.90. The minimum Gasteiger partial charge on any atom is -0.469 e. The third-order valence-corrected chi connectivity index (χ3v) is 2.84. The molecule has 1 aromatic heterocycles. The van der Waals surface area contributed by atoms with Crippen molar-refractivity contribution in [1.29, 1.82) is 0 Å². The number of hydrogen-bond acceptors (Lipinski definition) is 4. The van der Waals surface area contributed by atoms with Gasteiger partial charge in [0.1, 0.15) is 11.5 Å². The van der Waals surface area contributed by atoms with Gasteiger partial charge in [-0.05, 0) is 19.1 Å². The van der Waals surface area contributed by atoms with E-state index in [0.29, 0.717) is 6.54 Å². The molecule has 4 heteroatoms. The first-order chi connectivity index (χ1) is 7.22. The highest BCUT2D eigenvalue weighted by molar-refractivity contribution is 5.74. The van der Waals surface area contributed by atoms with Crippen LogP contribution in [0.2, 0.25) is 0 Å². The lowest BCUT2D eigenvalue weighted by Gasteiger charge is -2.13. The molecule has 0 radical (unpaired) electrons. The van der Waals surface area contributed by atoms with E-state index in [0.717, 1.165) is 18.1 Å². The summed E-state index contributed by atoms with van der Waals surface area (Å²) in [5, 5.41) is 3.18. The van der Waals surface area contributed by atoms with Crippen LogP contribution in [0.15, 0.2) is 16.5 Å². The molecule has 0 saturated carbocycles. The van der Waals surface area contributed by atoms with Crippen LogP contribution in [-0.2, 0) is 9.53 Å². The first-order valence-electron chi connectivity index (χ1n) is 5.07. The van der Waals surface area contributed by atoms with Crippen LogP contribution in [0.1, 0.15) is 17.4 Å². The molecule has 4 nitrogen and oxygen atoms in total. The Morgan fingerprint density at radius 1 is 1.53 bits per heavy atom. The second kappa shape index (κ2) is 4.06. The summed E-state index contributed by atoms with van der Waals surface area (Å²) in [7, 11) is 1.42. The molecule has 0 unspecified atom stereocenters. The summed E-state index contributed by atoms with van der Waals surface area (Å²) in [6.45, 7) is 3.34. The Kier molecular flexibility index (Phi) is 2.77. The molecule has 1 saturated heterocycles. The highest BCUT2D eigenvalue weighted by Gasteiger charge is 2.36. The van der Waals surface area contributed by atoms with Gasteiger partial charge in [-0.25, -0.2) is 0 Å². The molecule has 1 N–H and O–H groups in total. The normalized spacial score (nSPS) is 25.5. The second-order valence-corrected chi connectivity index (χ2v) is 3.84. The summed E-state index contributed by atoms with van der Waals surface area (Å²) >= 11 is 0. The topological polar surface area (TPSA) is 51.5 Å². The van der Waals surface area contributed by atoms with Crippen LogP contribution in [0.3, 0.4) is 0 Å². The zero-order valence-corrected chi connectivity index (χ0v) is 8.95. The van der Waals surface area contributed by atoms with E-state index in [9.17, 15) is 4.79 Å². The molecule has 0 spiro atoms. The van der Waals surface area contributed by atoms with E-state index in [1.165, 1.54) is 7.11 Å². The SMILES string of the molecule is COC(=O)[C@H]1CNC[C@@H]1c1ccc(C)o1. The molecule has 2 rings (SSSR count). The third-order valence-electron chi connectivity index (χ3n) is 2.84. The molecule has 1 fully saturated rings. The lowest BCUT2D eigenvalue weighted by atomic mass is 9.94. The van der Waals surface area contributed by atoms with Crippen LogP contribution >= 0.6 is 0 Å². The number of nitrogens with one attached hydrogen (secondary N) is 1. The summed E-state index contributed by atoms with van der Waals surface area (Å²) in [5.74, 6) is 1.55. The highest BCUT2D eigenvalue weighted by Crippen LogP contribution is 2.30. The van der Waals surface area contributed by atoms with Crippen molar-refractivity contribution in [2.24, 2.45) is 5.92 Å². The fraction of sp³-hybridized carbons (Fsp3) is 0.545. The van der Waals surface area contributed by atoms with Gasteiger partial charge in [-0.3, -0.25) is 4.79 Å². The van der Waals surface area contributed by atoms with Gasteiger partial charge in [0.25, 0.3) is 0 Å². The Balaban J connectivity index is 2.18. The number of rotatable bonds is 2. The van der Waals surface area contributed by atoms with Crippen molar-refractivity contribution in [2.45, 2.75) is 12.8 Å². The Bertz CT molecular complexity index is 358. The molecule has 2 heterocycles.